The molecule has 3 unspecified atom stereocenters. The number of nitrogens with zero attached hydrogens (tertiary/aromatic N) is 5. The minimum Gasteiger partial charge on any atom is -0.466 e. The monoisotopic (exact) mass is 735 g/mol. The highest BCUT2D eigenvalue weighted by molar-refractivity contribution is 6.36. The number of methoxy groups -OCH3 is 1. The molecule has 0 aliphatic carbocycles. The zero-order valence-electron chi connectivity index (χ0n) is 31.0. The molecule has 8 nitrogen and oxygen atoms in total. The number of piperazine rings is 1. The van der Waals surface area contributed by atoms with Gasteiger partial charge in [-0.05, 0) is 102 Å². The molecule has 0 spiro atoms. The number of hydrogen-bond acceptors (Lipinski definition) is 7. The van der Waals surface area contributed by atoms with Crippen molar-refractivity contribution in [2.75, 3.05) is 68.0 Å². The highest BCUT2D eigenvalue weighted by Crippen LogP contribution is 2.44. The number of carbonyl (C=O) groups excluding carboxylic acids is 2. The molecule has 0 radical (unpaired) electrons. The van der Waals surface area contributed by atoms with Gasteiger partial charge >= 0.3 is 5.97 Å². The van der Waals surface area contributed by atoms with Crippen LogP contribution in [-0.4, -0.2) is 123 Å². The molecule has 4 aliphatic rings. The lowest BCUT2D eigenvalue weighted by atomic mass is 9.83. The third-order valence-corrected chi connectivity index (χ3v) is 12.6. The lowest BCUT2D eigenvalue weighted by molar-refractivity contribution is -0.136. The predicted molar refractivity (Wildman–Crippen MR) is 206 cm³/mol. The number of rotatable bonds is 12. The maximum Gasteiger partial charge on any atom is 0.336 e. The van der Waals surface area contributed by atoms with Crippen LogP contribution < -0.4 is 0 Å². The van der Waals surface area contributed by atoms with E-state index >= 15 is 0 Å². The molecule has 2 aromatic carbocycles. The summed E-state index contributed by atoms with van der Waals surface area (Å²) in [6, 6.07) is 16.0. The Labute approximate surface area is 315 Å². The van der Waals surface area contributed by atoms with E-state index in [2.05, 4.69) is 60.1 Å². The van der Waals surface area contributed by atoms with E-state index in [0.29, 0.717) is 45.7 Å². The Morgan fingerprint density at radius 2 is 1.47 bits per heavy atom. The number of piperidine rings is 1. The number of benzene rings is 2. The molecular formula is C41H55Cl2N5O3. The quantitative estimate of drug-likeness (QED) is 0.227. The molecule has 2 aromatic rings. The number of amides is 1. The fourth-order valence-electron chi connectivity index (χ4n) is 8.96. The van der Waals surface area contributed by atoms with Crippen LogP contribution in [0.25, 0.3) is 0 Å². The largest absolute Gasteiger partial charge is 0.466 e. The van der Waals surface area contributed by atoms with Crippen LogP contribution in [0.3, 0.4) is 0 Å². The molecule has 10 heteroatoms. The van der Waals surface area contributed by atoms with Crippen LogP contribution in [0.1, 0.15) is 67.6 Å². The van der Waals surface area contributed by atoms with Crippen LogP contribution in [0.4, 0.5) is 0 Å². The molecule has 276 valence electrons. The Morgan fingerprint density at radius 1 is 0.843 bits per heavy atom. The number of hydrogen-bond donors (Lipinski definition) is 0. The molecule has 6 rings (SSSR count). The Kier molecular flexibility index (Phi) is 12.5. The fraction of sp³-hybridized carbons (Fsp3) is 0.561. The van der Waals surface area contributed by atoms with Crippen LogP contribution in [0, 0.1) is 0 Å². The first-order valence-corrected chi connectivity index (χ1v) is 19.5. The maximum atomic E-state index is 14.0. The van der Waals surface area contributed by atoms with Gasteiger partial charge in [0.05, 0.1) is 19.1 Å². The topological polar surface area (TPSA) is 59.6 Å². The summed E-state index contributed by atoms with van der Waals surface area (Å²) in [5, 5.41) is 0.953. The predicted octanol–water partition coefficient (Wildman–Crippen LogP) is 6.62. The summed E-state index contributed by atoms with van der Waals surface area (Å²) in [5.74, 6) is -0.871. The summed E-state index contributed by atoms with van der Waals surface area (Å²) in [5.41, 5.74) is 5.42. The molecule has 4 heterocycles. The second-order valence-corrected chi connectivity index (χ2v) is 15.9. The lowest BCUT2D eigenvalue weighted by Gasteiger charge is -2.45. The smallest absolute Gasteiger partial charge is 0.336 e. The Bertz CT molecular complexity index is 1600. The summed E-state index contributed by atoms with van der Waals surface area (Å²) in [6.45, 7) is 4.32. The maximum absolute atomic E-state index is 14.0. The molecule has 0 aromatic heterocycles. The zero-order valence-corrected chi connectivity index (χ0v) is 32.6. The second-order valence-electron chi connectivity index (χ2n) is 15.1. The number of allylic oxidation sites excluding steroid dienone is 2. The SMILES string of the molecule is COC(=O)C1=C(CCc2ccccc2CCCN(C)C)N(C)C(CC(=O)N2CCN(C3CC4CCC(C3)N4C)CC2)=CC1c1c(Cl)cccc1Cl. The Morgan fingerprint density at radius 3 is 2.08 bits per heavy atom. The van der Waals surface area contributed by atoms with Gasteiger partial charge in [0, 0.05) is 84.3 Å². The number of ether oxygens (including phenoxy) is 1. The van der Waals surface area contributed by atoms with Crippen LogP contribution in [-0.2, 0) is 27.2 Å². The van der Waals surface area contributed by atoms with E-state index in [9.17, 15) is 9.59 Å². The molecule has 0 N–H and O–H groups in total. The van der Waals surface area contributed by atoms with E-state index in [1.54, 1.807) is 12.1 Å². The summed E-state index contributed by atoms with van der Waals surface area (Å²) in [4.78, 5) is 39.3. The van der Waals surface area contributed by atoms with Crippen molar-refractivity contribution in [3.05, 3.63) is 92.2 Å². The molecule has 0 saturated carbocycles. The molecule has 3 fully saturated rings. The van der Waals surface area contributed by atoms with Gasteiger partial charge in [0.1, 0.15) is 0 Å². The van der Waals surface area contributed by atoms with Gasteiger partial charge in [-0.1, -0.05) is 59.6 Å². The lowest BCUT2D eigenvalue weighted by Crippen LogP contribution is -2.56. The van der Waals surface area contributed by atoms with E-state index in [0.717, 1.165) is 63.4 Å². The molecule has 2 bridgehead atoms. The number of esters is 1. The summed E-state index contributed by atoms with van der Waals surface area (Å²) >= 11 is 13.6. The molecule has 51 heavy (non-hydrogen) atoms. The molecule has 1 amide bonds. The minimum atomic E-state index is -0.556. The van der Waals surface area contributed by atoms with Gasteiger partial charge in [0.2, 0.25) is 5.91 Å². The molecule has 3 saturated heterocycles. The minimum absolute atomic E-state index is 0.104. The molecular weight excluding hydrogens is 681 g/mol. The Balaban J connectivity index is 1.23. The van der Waals surface area contributed by atoms with Gasteiger partial charge in [-0.3, -0.25) is 9.69 Å². The van der Waals surface area contributed by atoms with Crippen molar-refractivity contribution in [2.45, 2.75) is 81.8 Å². The van der Waals surface area contributed by atoms with Crippen molar-refractivity contribution in [2.24, 2.45) is 0 Å². The highest BCUT2D eigenvalue weighted by Gasteiger charge is 2.41. The summed E-state index contributed by atoms with van der Waals surface area (Å²) in [7, 11) is 9.87. The Hall–Kier alpha value is -2.88. The van der Waals surface area contributed by atoms with Gasteiger partial charge in [0.25, 0.3) is 0 Å². The van der Waals surface area contributed by atoms with E-state index in [1.165, 1.54) is 43.9 Å². The number of carbonyl (C=O) groups is 2. The van der Waals surface area contributed by atoms with Gasteiger partial charge in [-0.25, -0.2) is 4.79 Å². The van der Waals surface area contributed by atoms with Gasteiger partial charge in [-0.2, -0.15) is 0 Å². The fourth-order valence-corrected chi connectivity index (χ4v) is 9.59. The summed E-state index contributed by atoms with van der Waals surface area (Å²) < 4.78 is 5.42. The first-order chi connectivity index (χ1) is 24.5. The van der Waals surface area contributed by atoms with E-state index in [1.807, 2.05) is 29.0 Å². The average molecular weight is 737 g/mol. The van der Waals surface area contributed by atoms with E-state index in [-0.39, 0.29) is 12.3 Å². The number of fused-ring (bicyclic) bond motifs is 2. The molecule has 3 atom stereocenters. The van der Waals surface area contributed by atoms with Crippen molar-refractivity contribution >= 4 is 35.1 Å². The second kappa shape index (κ2) is 16.9. The van der Waals surface area contributed by atoms with Crippen LogP contribution >= 0.6 is 23.2 Å². The standard InChI is InChI=1S/C41H55Cl2N5O3/c1-44(2)19-9-12-28-10-6-7-11-29(28)15-18-37-40(41(50)51-5)34(39-35(42)13-8-14-36(39)43)26-32(46(37)4)27-38(49)48-22-20-47(21-23-48)33-24-30-16-17-31(25-33)45(30)3/h6-8,10-11,13-14,26,30-31,33-34H,9,12,15-25,27H2,1-5H3. The van der Waals surface area contributed by atoms with Crippen molar-refractivity contribution in [3.63, 3.8) is 0 Å². The van der Waals surface area contributed by atoms with E-state index in [4.69, 9.17) is 27.9 Å². The zero-order chi connectivity index (χ0) is 36.2. The van der Waals surface area contributed by atoms with Gasteiger partial charge in [0.15, 0.2) is 0 Å². The highest BCUT2D eigenvalue weighted by atomic mass is 35.5. The van der Waals surface area contributed by atoms with Gasteiger partial charge in [-0.15, -0.1) is 0 Å². The first kappa shape index (κ1) is 37.9. The van der Waals surface area contributed by atoms with Crippen molar-refractivity contribution in [1.29, 1.82) is 0 Å². The van der Waals surface area contributed by atoms with Crippen molar-refractivity contribution in [3.8, 4) is 0 Å². The average Bonchev–Trinajstić information content (AvgIpc) is 3.30. The van der Waals surface area contributed by atoms with Gasteiger partial charge < -0.3 is 24.3 Å². The van der Waals surface area contributed by atoms with Crippen molar-refractivity contribution < 1.29 is 14.3 Å². The normalized spacial score (nSPS) is 24.4. The first-order valence-electron chi connectivity index (χ1n) is 18.7. The third kappa shape index (κ3) is 8.52. The number of halogens is 2. The van der Waals surface area contributed by atoms with Crippen LogP contribution in [0.2, 0.25) is 10.0 Å². The molecule has 4 aliphatic heterocycles. The van der Waals surface area contributed by atoms with Crippen LogP contribution in [0.5, 0.6) is 0 Å². The summed E-state index contributed by atoms with van der Waals surface area (Å²) in [6.07, 6.45) is 10.7. The third-order valence-electron chi connectivity index (χ3n) is 11.9. The number of aryl methyl sites for hydroxylation is 2. The van der Waals surface area contributed by atoms with E-state index < -0.39 is 11.9 Å². The van der Waals surface area contributed by atoms with Crippen molar-refractivity contribution in [1.82, 2.24) is 24.5 Å². The van der Waals surface area contributed by atoms with Crippen LogP contribution in [0.15, 0.2) is 65.5 Å².